The molecule has 0 aromatic heterocycles. The molecule has 0 heterocycles. The Labute approximate surface area is 134 Å². The van der Waals surface area contributed by atoms with Crippen molar-refractivity contribution in [2.75, 3.05) is 18.4 Å². The number of anilines is 1. The van der Waals surface area contributed by atoms with Gasteiger partial charge in [0.05, 0.1) is 11.3 Å². The fraction of sp³-hybridized carbons (Fsp3) is 0.222. The molecule has 2 aromatic rings. The van der Waals surface area contributed by atoms with Gasteiger partial charge in [-0.05, 0) is 50.2 Å². The van der Waals surface area contributed by atoms with Crippen LogP contribution in [0.25, 0.3) is 0 Å². The van der Waals surface area contributed by atoms with Crippen LogP contribution in [-0.4, -0.2) is 29.8 Å². The van der Waals surface area contributed by atoms with Crippen molar-refractivity contribution in [3.8, 4) is 0 Å². The molecule has 2 aromatic carbocycles. The summed E-state index contributed by atoms with van der Waals surface area (Å²) in [5, 5.41) is 2.72. The van der Waals surface area contributed by atoms with Gasteiger partial charge in [0.1, 0.15) is 5.82 Å². The first-order valence-corrected chi connectivity index (χ1v) is 7.52. The van der Waals surface area contributed by atoms with Crippen LogP contribution in [0.3, 0.4) is 0 Å². The van der Waals surface area contributed by atoms with E-state index in [0.29, 0.717) is 29.9 Å². The van der Waals surface area contributed by atoms with Crippen LogP contribution >= 0.6 is 0 Å². The molecule has 0 unspecified atom stereocenters. The second-order valence-corrected chi connectivity index (χ2v) is 4.98. The average molecular weight is 314 g/mol. The number of carbonyl (C=O) groups is 2. The van der Waals surface area contributed by atoms with Gasteiger partial charge in [0, 0.05) is 18.7 Å². The Morgan fingerprint density at radius 2 is 1.61 bits per heavy atom. The summed E-state index contributed by atoms with van der Waals surface area (Å²) in [6.07, 6.45) is 0. The van der Waals surface area contributed by atoms with Crippen molar-refractivity contribution < 1.29 is 14.0 Å². The number of nitrogens with zero attached hydrogens (tertiary/aromatic N) is 1. The van der Waals surface area contributed by atoms with E-state index in [1.54, 1.807) is 29.2 Å². The zero-order chi connectivity index (χ0) is 16.8. The lowest BCUT2D eigenvalue weighted by Crippen LogP contribution is -2.31. The molecule has 0 atom stereocenters. The molecular formula is C18H19FN2O2. The van der Waals surface area contributed by atoms with Crippen LogP contribution in [0.4, 0.5) is 10.1 Å². The summed E-state index contributed by atoms with van der Waals surface area (Å²) in [7, 11) is 0. The van der Waals surface area contributed by atoms with Gasteiger partial charge < -0.3 is 10.2 Å². The second kappa shape index (κ2) is 7.54. The summed E-state index contributed by atoms with van der Waals surface area (Å²) in [5.74, 6) is -0.923. The first-order valence-electron chi connectivity index (χ1n) is 7.52. The maximum Gasteiger partial charge on any atom is 0.255 e. The number of nitrogens with one attached hydrogen (secondary N) is 1. The highest BCUT2D eigenvalue weighted by atomic mass is 19.1. The average Bonchev–Trinajstić information content (AvgIpc) is 2.57. The molecule has 0 spiro atoms. The summed E-state index contributed by atoms with van der Waals surface area (Å²) in [5.41, 5.74) is 1.21. The smallest absolute Gasteiger partial charge is 0.255 e. The molecular weight excluding hydrogens is 295 g/mol. The molecule has 0 saturated carbocycles. The van der Waals surface area contributed by atoms with E-state index in [1.165, 1.54) is 24.3 Å². The molecule has 23 heavy (non-hydrogen) atoms. The minimum atomic E-state index is -0.404. The lowest BCUT2D eigenvalue weighted by atomic mass is 10.1. The Morgan fingerprint density at radius 3 is 2.22 bits per heavy atom. The maximum atomic E-state index is 12.9. The number of carbonyl (C=O) groups excluding carboxylic acids is 2. The van der Waals surface area contributed by atoms with E-state index in [2.05, 4.69) is 5.32 Å². The van der Waals surface area contributed by atoms with E-state index in [-0.39, 0.29) is 11.8 Å². The number of para-hydroxylation sites is 1. The van der Waals surface area contributed by atoms with Gasteiger partial charge in [-0.3, -0.25) is 9.59 Å². The normalized spacial score (nSPS) is 10.2. The van der Waals surface area contributed by atoms with Gasteiger partial charge >= 0.3 is 0 Å². The molecule has 120 valence electrons. The monoisotopic (exact) mass is 314 g/mol. The fourth-order valence-electron chi connectivity index (χ4n) is 2.26. The molecule has 4 nitrogen and oxygen atoms in total. The zero-order valence-corrected chi connectivity index (χ0v) is 13.2. The molecule has 2 rings (SSSR count). The Kier molecular flexibility index (Phi) is 5.46. The molecule has 0 aliphatic rings. The molecule has 0 fully saturated rings. The van der Waals surface area contributed by atoms with Crippen LogP contribution in [-0.2, 0) is 0 Å². The van der Waals surface area contributed by atoms with Crippen LogP contribution in [0, 0.1) is 5.82 Å². The number of halogens is 1. The van der Waals surface area contributed by atoms with Crippen LogP contribution in [0.1, 0.15) is 34.6 Å². The molecule has 0 saturated heterocycles. The van der Waals surface area contributed by atoms with Gasteiger partial charge in [-0.2, -0.15) is 0 Å². The maximum absolute atomic E-state index is 12.9. The minimum Gasteiger partial charge on any atom is -0.339 e. The van der Waals surface area contributed by atoms with Crippen molar-refractivity contribution >= 4 is 17.5 Å². The molecule has 0 bridgehead atoms. The highest BCUT2D eigenvalue weighted by molar-refractivity contribution is 6.08. The first kappa shape index (κ1) is 16.7. The largest absolute Gasteiger partial charge is 0.339 e. The number of amides is 2. The van der Waals surface area contributed by atoms with Crippen LogP contribution in [0.5, 0.6) is 0 Å². The quantitative estimate of drug-likeness (QED) is 0.917. The SMILES string of the molecule is CCN(CC)C(=O)c1ccccc1NC(=O)c1ccc(F)cc1. The lowest BCUT2D eigenvalue weighted by molar-refractivity contribution is 0.0774. The summed E-state index contributed by atoms with van der Waals surface area (Å²) >= 11 is 0. The third-order valence-corrected chi connectivity index (χ3v) is 3.56. The summed E-state index contributed by atoms with van der Waals surface area (Å²) in [4.78, 5) is 26.4. The lowest BCUT2D eigenvalue weighted by Gasteiger charge is -2.20. The van der Waals surface area contributed by atoms with Crippen molar-refractivity contribution in [2.24, 2.45) is 0 Å². The Morgan fingerprint density at radius 1 is 1.00 bits per heavy atom. The number of rotatable bonds is 5. The van der Waals surface area contributed by atoms with Crippen LogP contribution < -0.4 is 5.32 Å². The van der Waals surface area contributed by atoms with Crippen LogP contribution in [0.2, 0.25) is 0 Å². The minimum absolute atomic E-state index is 0.134. The highest BCUT2D eigenvalue weighted by Crippen LogP contribution is 2.18. The molecule has 1 N–H and O–H groups in total. The Bertz CT molecular complexity index is 694. The van der Waals surface area contributed by atoms with Gasteiger partial charge in [0.25, 0.3) is 11.8 Å². The number of hydrogen-bond acceptors (Lipinski definition) is 2. The molecule has 0 aliphatic heterocycles. The van der Waals surface area contributed by atoms with Crippen molar-refractivity contribution in [2.45, 2.75) is 13.8 Å². The van der Waals surface area contributed by atoms with E-state index in [1.807, 2.05) is 13.8 Å². The second-order valence-electron chi connectivity index (χ2n) is 4.98. The predicted octanol–water partition coefficient (Wildman–Crippen LogP) is 3.56. The number of benzene rings is 2. The Balaban J connectivity index is 2.25. The van der Waals surface area contributed by atoms with Gasteiger partial charge in [-0.25, -0.2) is 4.39 Å². The van der Waals surface area contributed by atoms with E-state index < -0.39 is 5.82 Å². The highest BCUT2D eigenvalue weighted by Gasteiger charge is 2.17. The van der Waals surface area contributed by atoms with Crippen molar-refractivity contribution in [1.82, 2.24) is 4.90 Å². The third kappa shape index (κ3) is 3.94. The van der Waals surface area contributed by atoms with Gasteiger partial charge in [0.15, 0.2) is 0 Å². The van der Waals surface area contributed by atoms with Gasteiger partial charge in [0.2, 0.25) is 0 Å². The summed E-state index contributed by atoms with van der Waals surface area (Å²) < 4.78 is 12.9. The van der Waals surface area contributed by atoms with Crippen molar-refractivity contribution in [3.63, 3.8) is 0 Å². The standard InChI is InChI=1S/C18H19FN2O2/c1-3-21(4-2)18(23)15-7-5-6-8-16(15)20-17(22)13-9-11-14(19)12-10-13/h5-12H,3-4H2,1-2H3,(H,20,22). The van der Waals surface area contributed by atoms with Gasteiger partial charge in [-0.15, -0.1) is 0 Å². The third-order valence-electron chi connectivity index (χ3n) is 3.56. The summed E-state index contributed by atoms with van der Waals surface area (Å²) in [6, 6.07) is 12.1. The molecule has 0 aliphatic carbocycles. The zero-order valence-electron chi connectivity index (χ0n) is 13.2. The fourth-order valence-corrected chi connectivity index (χ4v) is 2.26. The topological polar surface area (TPSA) is 49.4 Å². The van der Waals surface area contributed by atoms with E-state index in [4.69, 9.17) is 0 Å². The molecule has 0 radical (unpaired) electrons. The molecule has 5 heteroatoms. The van der Waals surface area contributed by atoms with Gasteiger partial charge in [-0.1, -0.05) is 12.1 Å². The number of hydrogen-bond donors (Lipinski definition) is 1. The van der Waals surface area contributed by atoms with E-state index in [9.17, 15) is 14.0 Å². The van der Waals surface area contributed by atoms with E-state index in [0.717, 1.165) is 0 Å². The first-order chi connectivity index (χ1) is 11.1. The van der Waals surface area contributed by atoms with Crippen molar-refractivity contribution in [3.05, 3.63) is 65.5 Å². The van der Waals surface area contributed by atoms with Crippen LogP contribution in [0.15, 0.2) is 48.5 Å². The molecule has 2 amide bonds. The Hall–Kier alpha value is -2.69. The predicted molar refractivity (Wildman–Crippen MR) is 88.0 cm³/mol. The summed E-state index contributed by atoms with van der Waals surface area (Å²) in [6.45, 7) is 4.99. The van der Waals surface area contributed by atoms with E-state index >= 15 is 0 Å². The van der Waals surface area contributed by atoms with Crippen molar-refractivity contribution in [1.29, 1.82) is 0 Å².